The first-order valence-corrected chi connectivity index (χ1v) is 3.01. The number of amides is 1. The number of carbonyl (C=O) groups is 1. The van der Waals surface area contributed by atoms with Crippen LogP contribution < -0.4 is 5.73 Å². The van der Waals surface area contributed by atoms with Gasteiger partial charge in [-0.3, -0.25) is 14.9 Å². The van der Waals surface area contributed by atoms with Gasteiger partial charge in [0.15, 0.2) is 0 Å². The third-order valence-corrected chi connectivity index (χ3v) is 1.26. The van der Waals surface area contributed by atoms with Gasteiger partial charge in [0.2, 0.25) is 5.91 Å². The average Bonchev–Trinajstić information content (AvgIpc) is 1.63. The Kier molecular flexibility index (Phi) is 3.15. The van der Waals surface area contributed by atoms with Gasteiger partial charge in [0, 0.05) is 4.92 Å². The summed E-state index contributed by atoms with van der Waals surface area (Å²) in [7, 11) is 0. The molecule has 0 bridgehead atoms. The highest BCUT2D eigenvalue weighted by Crippen LogP contribution is 2.03. The predicted octanol–water partition coefficient (Wildman–Crippen LogP) is -0.141. The minimum absolute atomic E-state index is 0.271. The molecule has 1 unspecified atom stereocenters. The van der Waals surface area contributed by atoms with Gasteiger partial charge in [-0.1, -0.05) is 0 Å². The number of alkyl halides is 1. The van der Waals surface area contributed by atoms with Crippen molar-refractivity contribution in [3.05, 3.63) is 10.1 Å². The number of nitrogens with two attached hydrogens (primary N) is 1. The summed E-state index contributed by atoms with van der Waals surface area (Å²) in [5.41, 5.74) is 4.66. The molecule has 0 heterocycles. The van der Waals surface area contributed by atoms with Crippen LogP contribution in [0.5, 0.6) is 0 Å². The summed E-state index contributed by atoms with van der Waals surface area (Å²) < 4.78 is 0. The molecule has 0 aromatic rings. The number of hydrogen-bond donors (Lipinski definition) is 1. The van der Waals surface area contributed by atoms with E-state index < -0.39 is 15.8 Å². The first-order chi connectivity index (χ1) is 4.04. The van der Waals surface area contributed by atoms with E-state index in [2.05, 4.69) is 21.7 Å². The molecule has 5 nitrogen and oxygen atoms in total. The third kappa shape index (κ3) is 3.89. The van der Waals surface area contributed by atoms with Crippen molar-refractivity contribution >= 4 is 21.8 Å². The Morgan fingerprint density at radius 2 is 2.33 bits per heavy atom. The van der Waals surface area contributed by atoms with E-state index in [1.165, 1.54) is 0 Å². The molecule has 0 aliphatic rings. The van der Waals surface area contributed by atoms with E-state index >= 15 is 0 Å². The van der Waals surface area contributed by atoms with E-state index in [1.54, 1.807) is 0 Å². The highest BCUT2D eigenvalue weighted by atomic mass is 79.9. The summed E-state index contributed by atoms with van der Waals surface area (Å²) in [5.74, 6) is -0.687. The minimum atomic E-state index is -1.05. The maximum atomic E-state index is 10.0. The number of carbonyl (C=O) groups excluding carboxylic acids is 1. The molecule has 2 N–H and O–H groups in total. The zero-order chi connectivity index (χ0) is 7.44. The normalized spacial score (nSPS) is 12.6. The van der Waals surface area contributed by atoms with Gasteiger partial charge < -0.3 is 5.73 Å². The van der Waals surface area contributed by atoms with E-state index in [0.29, 0.717) is 0 Å². The Morgan fingerprint density at radius 3 is 2.44 bits per heavy atom. The van der Waals surface area contributed by atoms with E-state index in [0.717, 1.165) is 0 Å². The van der Waals surface area contributed by atoms with E-state index in [-0.39, 0.29) is 6.42 Å². The van der Waals surface area contributed by atoms with E-state index in [1.807, 2.05) is 0 Å². The van der Waals surface area contributed by atoms with Crippen LogP contribution in [-0.4, -0.2) is 15.8 Å². The standard InChI is InChI=1S/C3H5BrN2O3/c4-2(6(8)9)1-3(5)7/h2H,1H2,(H2,5,7). The molecule has 1 atom stereocenters. The molecule has 0 saturated carbocycles. The maximum absolute atomic E-state index is 10.0. The van der Waals surface area contributed by atoms with Crippen molar-refractivity contribution in [3.63, 3.8) is 0 Å². The zero-order valence-electron chi connectivity index (χ0n) is 4.41. The molecule has 0 aromatic carbocycles. The van der Waals surface area contributed by atoms with E-state index in [9.17, 15) is 14.9 Å². The Morgan fingerprint density at radius 1 is 1.89 bits per heavy atom. The first-order valence-electron chi connectivity index (χ1n) is 2.10. The van der Waals surface area contributed by atoms with Crippen LogP contribution in [0, 0.1) is 10.1 Å². The number of nitro groups is 1. The zero-order valence-corrected chi connectivity index (χ0v) is 6.00. The fourth-order valence-corrected chi connectivity index (χ4v) is 0.560. The Bertz CT molecular complexity index is 137. The lowest BCUT2D eigenvalue weighted by atomic mass is 10.4. The van der Waals surface area contributed by atoms with Crippen molar-refractivity contribution in [3.8, 4) is 0 Å². The first kappa shape index (κ1) is 8.35. The maximum Gasteiger partial charge on any atom is 0.274 e. The van der Waals surface area contributed by atoms with Crippen LogP contribution in [0.4, 0.5) is 0 Å². The molecule has 6 heteroatoms. The fraction of sp³-hybridized carbons (Fsp3) is 0.667. The average molecular weight is 197 g/mol. The lowest BCUT2D eigenvalue weighted by Gasteiger charge is -1.95. The Balaban J connectivity index is 3.63. The van der Waals surface area contributed by atoms with Gasteiger partial charge in [-0.25, -0.2) is 0 Å². The van der Waals surface area contributed by atoms with Gasteiger partial charge in [-0.05, 0) is 15.9 Å². The summed E-state index contributed by atoms with van der Waals surface area (Å²) in [6.07, 6.45) is -0.271. The topological polar surface area (TPSA) is 86.2 Å². The lowest BCUT2D eigenvalue weighted by molar-refractivity contribution is -0.491. The Labute approximate surface area is 59.5 Å². The molecule has 0 aliphatic heterocycles. The highest BCUT2D eigenvalue weighted by Gasteiger charge is 2.17. The van der Waals surface area contributed by atoms with Gasteiger partial charge in [-0.2, -0.15) is 0 Å². The molecular weight excluding hydrogens is 192 g/mol. The van der Waals surface area contributed by atoms with E-state index in [4.69, 9.17) is 0 Å². The van der Waals surface area contributed by atoms with Crippen LogP contribution in [-0.2, 0) is 4.79 Å². The smallest absolute Gasteiger partial charge is 0.274 e. The van der Waals surface area contributed by atoms with Gasteiger partial charge in [0.25, 0.3) is 4.95 Å². The number of rotatable bonds is 3. The fourth-order valence-electron chi connectivity index (χ4n) is 0.241. The number of hydrogen-bond acceptors (Lipinski definition) is 3. The van der Waals surface area contributed by atoms with Crippen molar-refractivity contribution in [2.24, 2.45) is 5.73 Å². The summed E-state index contributed by atoms with van der Waals surface area (Å²) in [5, 5.41) is 9.79. The molecule has 0 radical (unpaired) electrons. The molecule has 0 saturated heterocycles. The molecule has 0 spiro atoms. The van der Waals surface area contributed by atoms with Gasteiger partial charge >= 0.3 is 0 Å². The number of nitrogens with zero attached hydrogens (tertiary/aromatic N) is 1. The van der Waals surface area contributed by atoms with Crippen molar-refractivity contribution in [2.45, 2.75) is 11.4 Å². The lowest BCUT2D eigenvalue weighted by Crippen LogP contribution is -2.21. The van der Waals surface area contributed by atoms with Crippen molar-refractivity contribution < 1.29 is 9.72 Å². The quantitative estimate of drug-likeness (QED) is 0.295. The molecule has 0 aliphatic carbocycles. The summed E-state index contributed by atoms with van der Waals surface area (Å²) in [6.45, 7) is 0. The molecule has 0 aromatic heterocycles. The van der Waals surface area contributed by atoms with Crippen LogP contribution in [0.25, 0.3) is 0 Å². The third-order valence-electron chi connectivity index (χ3n) is 0.598. The SMILES string of the molecule is NC(=O)CC(Br)[N+](=O)[O-]. The summed E-state index contributed by atoms with van der Waals surface area (Å²) in [6, 6.07) is 0. The number of primary amides is 1. The van der Waals surface area contributed by atoms with Gasteiger partial charge in [-0.15, -0.1) is 0 Å². The monoisotopic (exact) mass is 196 g/mol. The van der Waals surface area contributed by atoms with Crippen LogP contribution in [0.2, 0.25) is 0 Å². The second kappa shape index (κ2) is 3.39. The molecule has 9 heavy (non-hydrogen) atoms. The van der Waals surface area contributed by atoms with Crippen molar-refractivity contribution in [1.29, 1.82) is 0 Å². The van der Waals surface area contributed by atoms with Crippen LogP contribution in [0.1, 0.15) is 6.42 Å². The molecule has 0 rings (SSSR count). The minimum Gasteiger partial charge on any atom is -0.369 e. The second-order valence-corrected chi connectivity index (χ2v) is 2.45. The summed E-state index contributed by atoms with van der Waals surface area (Å²) in [4.78, 5) is 18.1. The predicted molar refractivity (Wildman–Crippen MR) is 33.5 cm³/mol. The molecular formula is C3H5BrN2O3. The van der Waals surface area contributed by atoms with Gasteiger partial charge in [0.1, 0.15) is 6.42 Å². The molecule has 0 fully saturated rings. The number of halogens is 1. The largest absolute Gasteiger partial charge is 0.369 e. The highest BCUT2D eigenvalue weighted by molar-refractivity contribution is 9.09. The summed E-state index contributed by atoms with van der Waals surface area (Å²) >= 11 is 2.64. The molecule has 52 valence electrons. The Hall–Kier alpha value is -0.650. The van der Waals surface area contributed by atoms with Crippen LogP contribution in [0.15, 0.2) is 0 Å². The van der Waals surface area contributed by atoms with Gasteiger partial charge in [0.05, 0.1) is 0 Å². The van der Waals surface area contributed by atoms with Crippen LogP contribution >= 0.6 is 15.9 Å². The van der Waals surface area contributed by atoms with Crippen molar-refractivity contribution in [2.75, 3.05) is 0 Å². The van der Waals surface area contributed by atoms with Crippen LogP contribution in [0.3, 0.4) is 0 Å². The van der Waals surface area contributed by atoms with Crippen molar-refractivity contribution in [1.82, 2.24) is 0 Å². The second-order valence-electron chi connectivity index (χ2n) is 1.39. The molecule has 1 amide bonds.